The molecule has 1 saturated heterocycles. The van der Waals surface area contributed by atoms with Gasteiger partial charge >= 0.3 is 6.09 Å². The average Bonchev–Trinajstić information content (AvgIpc) is 2.99. The van der Waals surface area contributed by atoms with Crippen LogP contribution in [0.2, 0.25) is 0 Å². The monoisotopic (exact) mass is 619 g/mol. The van der Waals surface area contributed by atoms with Crippen LogP contribution in [0.25, 0.3) is 0 Å². The minimum absolute atomic E-state index is 0.0491. The smallest absolute Gasteiger partial charge is 0.410 e. The zero-order valence-electron chi connectivity index (χ0n) is 28.4. The molecule has 2 atom stereocenters. The number of nitrogens with zero attached hydrogens (tertiary/aromatic N) is 2. The zero-order chi connectivity index (χ0) is 32.8. The van der Waals surface area contributed by atoms with Gasteiger partial charge in [0.15, 0.2) is 0 Å². The largest absolute Gasteiger partial charge is 0.457 e. The van der Waals surface area contributed by atoms with E-state index in [1.165, 1.54) is 0 Å². The summed E-state index contributed by atoms with van der Waals surface area (Å²) in [6, 6.07) is 16.0. The number of rotatable bonds is 11. The van der Waals surface area contributed by atoms with E-state index in [0.29, 0.717) is 32.5 Å². The molecule has 0 saturated carbocycles. The predicted octanol–water partition coefficient (Wildman–Crippen LogP) is 7.30. The van der Waals surface area contributed by atoms with E-state index in [9.17, 15) is 14.4 Å². The maximum absolute atomic E-state index is 14.2. The summed E-state index contributed by atoms with van der Waals surface area (Å²) in [5.41, 5.74) is 1.02. The van der Waals surface area contributed by atoms with Crippen molar-refractivity contribution in [3.8, 4) is 11.5 Å². The van der Waals surface area contributed by atoms with Crippen LogP contribution in [0.1, 0.15) is 98.1 Å². The highest BCUT2D eigenvalue weighted by Crippen LogP contribution is 2.50. The average molecular weight is 620 g/mol. The van der Waals surface area contributed by atoms with Gasteiger partial charge in [0.2, 0.25) is 11.8 Å². The molecule has 2 aliphatic heterocycles. The number of amides is 3. The summed E-state index contributed by atoms with van der Waals surface area (Å²) < 4.78 is 12.1. The summed E-state index contributed by atoms with van der Waals surface area (Å²) in [4.78, 5) is 44.2. The lowest BCUT2D eigenvalue weighted by Crippen LogP contribution is -2.57. The van der Waals surface area contributed by atoms with E-state index in [4.69, 9.17) is 9.47 Å². The Kier molecular flexibility index (Phi) is 11.2. The van der Waals surface area contributed by atoms with Gasteiger partial charge in [-0.3, -0.25) is 9.59 Å². The number of likely N-dealkylation sites (tertiary alicyclic amines) is 1. The van der Waals surface area contributed by atoms with E-state index in [1.807, 2.05) is 82.8 Å². The first-order chi connectivity index (χ1) is 21.4. The molecule has 0 spiro atoms. The summed E-state index contributed by atoms with van der Waals surface area (Å²) >= 11 is 0. The number of carbonyl (C=O) groups excluding carboxylic acids is 3. The van der Waals surface area contributed by atoms with Gasteiger partial charge in [0.1, 0.15) is 17.1 Å². The maximum atomic E-state index is 14.2. The Morgan fingerprint density at radius 2 is 1.62 bits per heavy atom. The minimum atomic E-state index is -0.672. The molecule has 4 rings (SSSR count). The van der Waals surface area contributed by atoms with E-state index >= 15 is 0 Å². The molecular formula is C37H53N3O5. The van der Waals surface area contributed by atoms with Gasteiger partial charge in [0.05, 0.1) is 12.0 Å². The number of piperidine rings is 1. The van der Waals surface area contributed by atoms with Gasteiger partial charge in [-0.05, 0) is 58.6 Å². The molecule has 0 aromatic heterocycles. The number of fused-ring (bicyclic) bond motifs is 2. The van der Waals surface area contributed by atoms with Crippen LogP contribution in [-0.4, -0.2) is 65.5 Å². The lowest BCUT2D eigenvalue weighted by Gasteiger charge is -2.43. The van der Waals surface area contributed by atoms with Crippen LogP contribution in [-0.2, 0) is 19.7 Å². The Hall–Kier alpha value is -3.55. The van der Waals surface area contributed by atoms with Crippen molar-refractivity contribution in [3.63, 3.8) is 0 Å². The molecule has 8 heteroatoms. The number of ether oxygens (including phenoxy) is 2. The van der Waals surface area contributed by atoms with Crippen molar-refractivity contribution in [2.75, 3.05) is 26.2 Å². The number of hydrogen-bond acceptors (Lipinski definition) is 5. The fraction of sp³-hybridized carbons (Fsp3) is 0.595. The number of carbonyl (C=O) groups is 3. The van der Waals surface area contributed by atoms with Crippen molar-refractivity contribution in [1.29, 1.82) is 0 Å². The van der Waals surface area contributed by atoms with Gasteiger partial charge < -0.3 is 24.6 Å². The molecule has 0 bridgehead atoms. The number of hydrogen-bond donors (Lipinski definition) is 1. The molecule has 0 unspecified atom stereocenters. The third-order valence-electron chi connectivity index (χ3n) is 8.93. The molecule has 2 aromatic carbocycles. The lowest BCUT2D eigenvalue weighted by atomic mass is 9.69. The zero-order valence-corrected chi connectivity index (χ0v) is 28.4. The fourth-order valence-corrected chi connectivity index (χ4v) is 6.84. The van der Waals surface area contributed by atoms with Gasteiger partial charge in [-0.1, -0.05) is 76.4 Å². The van der Waals surface area contributed by atoms with Crippen LogP contribution in [0.15, 0.2) is 48.5 Å². The topological polar surface area (TPSA) is 88.2 Å². The first-order valence-corrected chi connectivity index (χ1v) is 16.8. The summed E-state index contributed by atoms with van der Waals surface area (Å²) in [6.45, 7) is 15.2. The van der Waals surface area contributed by atoms with Crippen LogP contribution in [0.4, 0.5) is 4.79 Å². The van der Waals surface area contributed by atoms with E-state index < -0.39 is 23.0 Å². The molecule has 0 aliphatic carbocycles. The van der Waals surface area contributed by atoms with Crippen LogP contribution in [0, 0.1) is 11.8 Å². The highest BCUT2D eigenvalue weighted by molar-refractivity contribution is 5.81. The normalized spacial score (nSPS) is 18.8. The molecule has 2 aliphatic rings. The summed E-state index contributed by atoms with van der Waals surface area (Å²) in [5, 5.41) is 3.34. The molecule has 3 amide bonds. The van der Waals surface area contributed by atoms with Crippen molar-refractivity contribution in [2.45, 2.75) is 104 Å². The second kappa shape index (κ2) is 14.7. The molecule has 45 heavy (non-hydrogen) atoms. The maximum Gasteiger partial charge on any atom is 0.410 e. The van der Waals surface area contributed by atoms with E-state index in [2.05, 4.69) is 24.4 Å². The Labute approximate surface area is 269 Å². The number of benzene rings is 2. The number of para-hydroxylation sites is 2. The molecule has 246 valence electrons. The quantitative estimate of drug-likeness (QED) is 0.267. The first-order valence-electron chi connectivity index (χ1n) is 16.8. The van der Waals surface area contributed by atoms with Crippen molar-refractivity contribution in [1.82, 2.24) is 15.1 Å². The SMILES string of the molecule is CCCCCC1(CNC(=O)[C@H]2C[C@@H](N(CC)C(=O)CC(C)C)CN(C(=O)OC(C)(C)C)C2)c2ccccc2Oc2ccccc21. The lowest BCUT2D eigenvalue weighted by molar-refractivity contribution is -0.138. The molecule has 2 heterocycles. The molecule has 2 aromatic rings. The standard InChI is InChI=1S/C37H53N3O5/c1-8-10-15-20-37(29-16-11-13-18-31(29)44-32-19-14-12-17-30(32)37)25-38-34(42)27-22-28(40(9-2)33(41)21-26(3)4)24-39(23-27)35(43)45-36(5,6)7/h11-14,16-19,26-28H,8-10,15,20-25H2,1-7H3,(H,38,42)/t27-,28+/m0/s1. The number of nitrogens with one attached hydrogen (secondary N) is 1. The predicted molar refractivity (Wildman–Crippen MR) is 177 cm³/mol. The third-order valence-corrected chi connectivity index (χ3v) is 8.93. The second-order valence-corrected chi connectivity index (χ2v) is 14.1. The Balaban J connectivity index is 1.63. The summed E-state index contributed by atoms with van der Waals surface area (Å²) in [6.07, 6.45) is 4.51. The Bertz CT molecular complexity index is 1290. The Morgan fingerprint density at radius 1 is 1.00 bits per heavy atom. The van der Waals surface area contributed by atoms with E-state index in [-0.39, 0.29) is 30.3 Å². The van der Waals surface area contributed by atoms with Gasteiger partial charge in [0.25, 0.3) is 0 Å². The first kappa shape index (κ1) is 34.3. The van der Waals surface area contributed by atoms with Gasteiger partial charge in [0, 0.05) is 49.1 Å². The number of likely N-dealkylation sites (N-methyl/N-ethyl adjacent to an activating group) is 1. The van der Waals surface area contributed by atoms with Crippen molar-refractivity contribution in [2.24, 2.45) is 11.8 Å². The van der Waals surface area contributed by atoms with E-state index in [0.717, 1.165) is 48.3 Å². The molecule has 0 radical (unpaired) electrons. The molecule has 8 nitrogen and oxygen atoms in total. The van der Waals surface area contributed by atoms with Crippen LogP contribution in [0.3, 0.4) is 0 Å². The summed E-state index contributed by atoms with van der Waals surface area (Å²) in [7, 11) is 0. The van der Waals surface area contributed by atoms with Gasteiger partial charge in [-0.15, -0.1) is 0 Å². The van der Waals surface area contributed by atoms with Crippen molar-refractivity contribution >= 4 is 17.9 Å². The summed E-state index contributed by atoms with van der Waals surface area (Å²) in [5.74, 6) is 1.29. The highest BCUT2D eigenvalue weighted by Gasteiger charge is 2.44. The second-order valence-electron chi connectivity index (χ2n) is 14.1. The highest BCUT2D eigenvalue weighted by atomic mass is 16.6. The van der Waals surface area contributed by atoms with E-state index in [1.54, 1.807) is 4.90 Å². The minimum Gasteiger partial charge on any atom is -0.457 e. The fourth-order valence-electron chi connectivity index (χ4n) is 6.84. The molecule has 1 fully saturated rings. The van der Waals surface area contributed by atoms with Crippen molar-refractivity contribution in [3.05, 3.63) is 59.7 Å². The van der Waals surface area contributed by atoms with Gasteiger partial charge in [-0.2, -0.15) is 0 Å². The van der Waals surface area contributed by atoms with Gasteiger partial charge in [-0.25, -0.2) is 4.79 Å². The Morgan fingerprint density at radius 3 is 2.18 bits per heavy atom. The molecule has 1 N–H and O–H groups in total. The van der Waals surface area contributed by atoms with Crippen LogP contribution in [0.5, 0.6) is 11.5 Å². The molecular weight excluding hydrogens is 566 g/mol. The van der Waals surface area contributed by atoms with Crippen LogP contribution < -0.4 is 10.1 Å². The van der Waals surface area contributed by atoms with Crippen LogP contribution >= 0.6 is 0 Å². The van der Waals surface area contributed by atoms with Crippen molar-refractivity contribution < 1.29 is 23.9 Å². The number of unbranched alkanes of at least 4 members (excludes halogenated alkanes) is 2. The third kappa shape index (κ3) is 8.19.